The molecular weight excluding hydrogens is 262 g/mol. The molecule has 0 saturated heterocycles. The molecule has 5 nitrogen and oxygen atoms in total. The standard InChI is InChI=1S/C13H13N3O2S/c1-9(14)10-6-7-15-13(8-10)19-12-5-3-2-4-11(12)16(17)18/h2-9H,14H2,1H3/t9-/m0/s1. The van der Waals surface area contributed by atoms with Crippen LogP contribution in [0.25, 0.3) is 0 Å². The fourth-order valence-electron chi connectivity index (χ4n) is 1.57. The van der Waals surface area contributed by atoms with Crippen LogP contribution in [0.15, 0.2) is 52.5 Å². The molecule has 0 amide bonds. The van der Waals surface area contributed by atoms with Crippen LogP contribution in [0.4, 0.5) is 5.69 Å². The maximum Gasteiger partial charge on any atom is 0.283 e. The quantitative estimate of drug-likeness (QED) is 0.684. The van der Waals surface area contributed by atoms with Gasteiger partial charge in [0.1, 0.15) is 5.03 Å². The Morgan fingerprint density at radius 3 is 2.79 bits per heavy atom. The molecule has 2 rings (SSSR count). The Morgan fingerprint density at radius 1 is 1.37 bits per heavy atom. The van der Waals surface area contributed by atoms with Gasteiger partial charge < -0.3 is 5.73 Å². The Morgan fingerprint density at radius 2 is 2.11 bits per heavy atom. The summed E-state index contributed by atoms with van der Waals surface area (Å²) >= 11 is 1.27. The summed E-state index contributed by atoms with van der Waals surface area (Å²) < 4.78 is 0. The van der Waals surface area contributed by atoms with E-state index in [-0.39, 0.29) is 11.7 Å². The first kappa shape index (κ1) is 13.5. The van der Waals surface area contributed by atoms with E-state index in [4.69, 9.17) is 5.73 Å². The lowest BCUT2D eigenvalue weighted by atomic mass is 10.1. The number of nitrogens with zero attached hydrogens (tertiary/aromatic N) is 2. The number of para-hydroxylation sites is 1. The van der Waals surface area contributed by atoms with Crippen molar-refractivity contribution in [2.75, 3.05) is 0 Å². The highest BCUT2D eigenvalue weighted by Gasteiger charge is 2.14. The molecule has 0 saturated carbocycles. The summed E-state index contributed by atoms with van der Waals surface area (Å²) in [5.74, 6) is 0. The van der Waals surface area contributed by atoms with Gasteiger partial charge in [0.05, 0.1) is 9.82 Å². The number of nitrogens with two attached hydrogens (primary N) is 1. The van der Waals surface area contributed by atoms with Crippen molar-refractivity contribution in [1.82, 2.24) is 4.98 Å². The first-order valence-corrected chi connectivity index (χ1v) is 6.52. The van der Waals surface area contributed by atoms with Crippen LogP contribution in [0.1, 0.15) is 18.5 Å². The van der Waals surface area contributed by atoms with Crippen LogP contribution in [0.2, 0.25) is 0 Å². The number of nitro groups is 1. The van der Waals surface area contributed by atoms with Gasteiger partial charge in [-0.1, -0.05) is 23.9 Å². The van der Waals surface area contributed by atoms with E-state index in [0.717, 1.165) is 5.56 Å². The molecule has 0 bridgehead atoms. The Kier molecular flexibility index (Phi) is 4.13. The Bertz CT molecular complexity index is 602. The van der Waals surface area contributed by atoms with Crippen molar-refractivity contribution in [2.45, 2.75) is 22.9 Å². The summed E-state index contributed by atoms with van der Waals surface area (Å²) in [7, 11) is 0. The van der Waals surface area contributed by atoms with Gasteiger partial charge in [0.15, 0.2) is 0 Å². The molecule has 0 aliphatic carbocycles. The molecular formula is C13H13N3O2S. The zero-order chi connectivity index (χ0) is 13.8. The predicted molar refractivity (Wildman–Crippen MR) is 74.1 cm³/mol. The first-order chi connectivity index (χ1) is 9.08. The number of aromatic nitrogens is 1. The third kappa shape index (κ3) is 3.30. The van der Waals surface area contributed by atoms with Gasteiger partial charge in [-0.3, -0.25) is 10.1 Å². The molecule has 19 heavy (non-hydrogen) atoms. The summed E-state index contributed by atoms with van der Waals surface area (Å²) in [6.07, 6.45) is 1.66. The van der Waals surface area contributed by atoms with Crippen molar-refractivity contribution >= 4 is 17.4 Å². The van der Waals surface area contributed by atoms with Gasteiger partial charge in [0.25, 0.3) is 5.69 Å². The monoisotopic (exact) mass is 275 g/mol. The number of hydrogen-bond donors (Lipinski definition) is 1. The van der Waals surface area contributed by atoms with E-state index in [1.165, 1.54) is 17.8 Å². The molecule has 0 aliphatic rings. The Labute approximate surface area is 115 Å². The molecule has 0 fully saturated rings. The molecule has 2 N–H and O–H groups in total. The van der Waals surface area contributed by atoms with Crippen LogP contribution in [0.3, 0.4) is 0 Å². The minimum Gasteiger partial charge on any atom is -0.324 e. The van der Waals surface area contributed by atoms with Crippen molar-refractivity contribution in [1.29, 1.82) is 0 Å². The second kappa shape index (κ2) is 5.81. The molecule has 0 radical (unpaired) electrons. The summed E-state index contributed by atoms with van der Waals surface area (Å²) in [4.78, 5) is 15.3. The highest BCUT2D eigenvalue weighted by atomic mass is 32.2. The van der Waals surface area contributed by atoms with Crippen LogP contribution >= 0.6 is 11.8 Å². The number of hydrogen-bond acceptors (Lipinski definition) is 5. The van der Waals surface area contributed by atoms with Crippen LogP contribution in [0.5, 0.6) is 0 Å². The second-order valence-electron chi connectivity index (χ2n) is 4.04. The lowest BCUT2D eigenvalue weighted by Gasteiger charge is -2.07. The van der Waals surface area contributed by atoms with E-state index in [9.17, 15) is 10.1 Å². The highest BCUT2D eigenvalue weighted by Crippen LogP contribution is 2.33. The van der Waals surface area contributed by atoms with E-state index in [2.05, 4.69) is 4.98 Å². The molecule has 1 heterocycles. The molecule has 1 aromatic heterocycles. The summed E-state index contributed by atoms with van der Waals surface area (Å²) in [6.45, 7) is 1.88. The van der Waals surface area contributed by atoms with Gasteiger partial charge in [-0.25, -0.2) is 4.98 Å². The second-order valence-corrected chi connectivity index (χ2v) is 5.11. The lowest BCUT2D eigenvalue weighted by Crippen LogP contribution is -2.05. The maximum atomic E-state index is 10.9. The zero-order valence-corrected chi connectivity index (χ0v) is 11.1. The first-order valence-electron chi connectivity index (χ1n) is 5.70. The molecule has 1 atom stereocenters. The number of pyridine rings is 1. The van der Waals surface area contributed by atoms with Crippen LogP contribution in [-0.2, 0) is 0 Å². The summed E-state index contributed by atoms with van der Waals surface area (Å²) in [5, 5.41) is 11.6. The van der Waals surface area contributed by atoms with E-state index in [1.54, 1.807) is 24.4 Å². The van der Waals surface area contributed by atoms with E-state index in [1.807, 2.05) is 19.1 Å². The minimum absolute atomic E-state index is 0.0838. The SMILES string of the molecule is C[C@H](N)c1ccnc(Sc2ccccc2[N+](=O)[O-])c1. The van der Waals surface area contributed by atoms with Crippen molar-refractivity contribution in [2.24, 2.45) is 5.73 Å². The average molecular weight is 275 g/mol. The van der Waals surface area contributed by atoms with Gasteiger partial charge in [-0.2, -0.15) is 0 Å². The molecule has 2 aromatic rings. The van der Waals surface area contributed by atoms with Gasteiger partial charge >= 0.3 is 0 Å². The lowest BCUT2D eigenvalue weighted by molar-refractivity contribution is -0.387. The van der Waals surface area contributed by atoms with Crippen LogP contribution < -0.4 is 5.73 Å². The third-order valence-electron chi connectivity index (χ3n) is 2.56. The summed E-state index contributed by atoms with van der Waals surface area (Å²) in [5.41, 5.74) is 6.85. The van der Waals surface area contributed by atoms with Gasteiger partial charge in [-0.15, -0.1) is 0 Å². The fourth-order valence-corrected chi connectivity index (χ4v) is 2.50. The number of rotatable bonds is 4. The van der Waals surface area contributed by atoms with E-state index in [0.29, 0.717) is 9.92 Å². The molecule has 0 aliphatic heterocycles. The summed E-state index contributed by atoms with van der Waals surface area (Å²) in [6, 6.07) is 10.2. The number of nitro benzene ring substituents is 1. The van der Waals surface area contributed by atoms with Gasteiger partial charge in [0.2, 0.25) is 0 Å². The Hall–Kier alpha value is -1.92. The van der Waals surface area contributed by atoms with Crippen LogP contribution in [-0.4, -0.2) is 9.91 Å². The normalized spacial score (nSPS) is 12.1. The van der Waals surface area contributed by atoms with Crippen molar-refractivity contribution in [3.8, 4) is 0 Å². The molecule has 0 unspecified atom stereocenters. The van der Waals surface area contributed by atoms with Gasteiger partial charge in [-0.05, 0) is 30.7 Å². The fraction of sp³-hybridized carbons (Fsp3) is 0.154. The van der Waals surface area contributed by atoms with Crippen molar-refractivity contribution in [3.05, 3.63) is 58.3 Å². The molecule has 6 heteroatoms. The minimum atomic E-state index is -0.391. The average Bonchev–Trinajstić information content (AvgIpc) is 2.39. The number of benzene rings is 1. The molecule has 98 valence electrons. The Balaban J connectivity index is 2.31. The highest BCUT2D eigenvalue weighted by molar-refractivity contribution is 7.99. The van der Waals surface area contributed by atoms with E-state index < -0.39 is 4.92 Å². The predicted octanol–water partition coefficient (Wildman–Crippen LogP) is 3.16. The third-order valence-corrected chi connectivity index (χ3v) is 3.56. The maximum absolute atomic E-state index is 10.9. The molecule has 0 spiro atoms. The van der Waals surface area contributed by atoms with Crippen molar-refractivity contribution < 1.29 is 4.92 Å². The topological polar surface area (TPSA) is 82.0 Å². The zero-order valence-electron chi connectivity index (χ0n) is 10.3. The molecule has 1 aromatic carbocycles. The van der Waals surface area contributed by atoms with Gasteiger partial charge in [0, 0.05) is 18.3 Å². The van der Waals surface area contributed by atoms with Crippen LogP contribution in [0, 0.1) is 10.1 Å². The van der Waals surface area contributed by atoms with E-state index >= 15 is 0 Å². The van der Waals surface area contributed by atoms with Crippen molar-refractivity contribution in [3.63, 3.8) is 0 Å². The largest absolute Gasteiger partial charge is 0.324 e. The smallest absolute Gasteiger partial charge is 0.283 e.